The number of halogens is 1. The van der Waals surface area contributed by atoms with Gasteiger partial charge in [0.15, 0.2) is 5.69 Å². The van der Waals surface area contributed by atoms with Gasteiger partial charge in [0.1, 0.15) is 7.05 Å². The van der Waals surface area contributed by atoms with Crippen molar-refractivity contribution in [2.75, 3.05) is 6.61 Å². The van der Waals surface area contributed by atoms with Crippen LogP contribution in [0.1, 0.15) is 16.3 Å². The van der Waals surface area contributed by atoms with Gasteiger partial charge in [-0.1, -0.05) is 41.7 Å². The second-order valence-corrected chi connectivity index (χ2v) is 4.76. The van der Waals surface area contributed by atoms with Crippen molar-refractivity contribution in [3.8, 4) is 0 Å². The predicted molar refractivity (Wildman–Crippen MR) is 65.5 cm³/mol. The second kappa shape index (κ2) is 6.74. The molecule has 0 fully saturated rings. The van der Waals surface area contributed by atoms with Gasteiger partial charge in [-0.2, -0.15) is 4.57 Å². The number of aliphatic hydroxyl groups is 1. The first-order valence-corrected chi connectivity index (χ1v) is 6.29. The summed E-state index contributed by atoms with van der Waals surface area (Å²) < 4.78 is 2.19. The molecule has 2 aromatic rings. The van der Waals surface area contributed by atoms with Gasteiger partial charge in [0.2, 0.25) is 5.01 Å². The second-order valence-electron chi connectivity index (χ2n) is 3.82. The largest absolute Gasteiger partial charge is 1.00 e. The molecule has 0 unspecified atom stereocenters. The number of rotatable bonds is 4. The normalized spacial score (nSPS) is 10.0. The molecule has 0 aliphatic heterocycles. The number of aromatic nitrogens is 1. The van der Waals surface area contributed by atoms with Crippen LogP contribution in [0.15, 0.2) is 35.7 Å². The Balaban J connectivity index is 0.00000144. The number of hydrogen-bond acceptors (Lipinski definition) is 2. The first-order chi connectivity index (χ1) is 7.81. The van der Waals surface area contributed by atoms with E-state index in [-0.39, 0.29) is 19.0 Å². The Morgan fingerprint density at radius 3 is 2.59 bits per heavy atom. The van der Waals surface area contributed by atoms with Crippen molar-refractivity contribution in [1.82, 2.24) is 0 Å². The summed E-state index contributed by atoms with van der Waals surface area (Å²) in [6.07, 6.45) is 1.70. The van der Waals surface area contributed by atoms with Crippen LogP contribution in [0.2, 0.25) is 0 Å². The van der Waals surface area contributed by atoms with Crippen molar-refractivity contribution in [2.45, 2.75) is 12.8 Å². The molecular weight excluding hydrogens is 254 g/mol. The Hall–Kier alpha value is -0.900. The van der Waals surface area contributed by atoms with Crippen molar-refractivity contribution >= 4 is 11.3 Å². The minimum absolute atomic E-state index is 0. The van der Waals surface area contributed by atoms with Crippen LogP contribution in [0.3, 0.4) is 0 Å². The number of thiazole rings is 1. The van der Waals surface area contributed by atoms with E-state index in [0.717, 1.165) is 12.8 Å². The van der Waals surface area contributed by atoms with Crippen molar-refractivity contribution in [3.05, 3.63) is 52.0 Å². The summed E-state index contributed by atoms with van der Waals surface area (Å²) in [5.74, 6) is 0. The van der Waals surface area contributed by atoms with Crippen LogP contribution in [-0.4, -0.2) is 11.7 Å². The third kappa shape index (κ3) is 3.53. The molecule has 0 saturated heterocycles. The summed E-state index contributed by atoms with van der Waals surface area (Å²) in [5.41, 5.74) is 2.63. The molecule has 0 amide bonds. The van der Waals surface area contributed by atoms with E-state index in [0.29, 0.717) is 0 Å². The zero-order valence-electron chi connectivity index (χ0n) is 9.77. The average Bonchev–Trinajstić information content (AvgIpc) is 2.64. The highest BCUT2D eigenvalue weighted by atomic mass is 35.5. The summed E-state index contributed by atoms with van der Waals surface area (Å²) in [5, 5.41) is 12.3. The molecule has 2 nitrogen and oxygen atoms in total. The van der Waals surface area contributed by atoms with E-state index in [4.69, 9.17) is 5.11 Å². The molecule has 0 spiro atoms. The summed E-state index contributed by atoms with van der Waals surface area (Å²) in [6.45, 7) is 0.221. The van der Waals surface area contributed by atoms with E-state index in [1.807, 2.05) is 6.07 Å². The monoisotopic (exact) mass is 269 g/mol. The van der Waals surface area contributed by atoms with Crippen molar-refractivity contribution in [3.63, 3.8) is 0 Å². The lowest BCUT2D eigenvalue weighted by molar-refractivity contribution is -0.681. The molecule has 1 N–H and O–H groups in total. The van der Waals surface area contributed by atoms with Crippen molar-refractivity contribution in [1.29, 1.82) is 0 Å². The van der Waals surface area contributed by atoms with Gasteiger partial charge < -0.3 is 17.5 Å². The quantitative estimate of drug-likeness (QED) is 0.686. The van der Waals surface area contributed by atoms with Gasteiger partial charge in [-0.3, -0.25) is 0 Å². The molecule has 1 heterocycles. The minimum atomic E-state index is 0. The molecule has 0 bridgehead atoms. The molecule has 92 valence electrons. The highest BCUT2D eigenvalue weighted by molar-refractivity contribution is 7.09. The van der Waals surface area contributed by atoms with E-state index >= 15 is 0 Å². The Labute approximate surface area is 112 Å². The zero-order valence-corrected chi connectivity index (χ0v) is 11.3. The van der Waals surface area contributed by atoms with Gasteiger partial charge in [-0.15, -0.1) is 0 Å². The summed E-state index contributed by atoms with van der Waals surface area (Å²) >= 11 is 1.72. The van der Waals surface area contributed by atoms with Gasteiger partial charge in [0.25, 0.3) is 0 Å². The third-order valence-electron chi connectivity index (χ3n) is 2.69. The smallest absolute Gasteiger partial charge is 0.239 e. The average molecular weight is 270 g/mol. The fourth-order valence-corrected chi connectivity index (χ4v) is 2.74. The summed E-state index contributed by atoms with van der Waals surface area (Å²) in [4.78, 5) is 0. The van der Waals surface area contributed by atoms with Crippen LogP contribution in [0.4, 0.5) is 0 Å². The Kier molecular flexibility index (Phi) is 5.62. The van der Waals surface area contributed by atoms with E-state index in [1.165, 1.54) is 16.3 Å². The molecule has 1 aromatic carbocycles. The van der Waals surface area contributed by atoms with E-state index in [1.54, 1.807) is 11.3 Å². The molecule has 2 rings (SSSR count). The Morgan fingerprint density at radius 2 is 1.94 bits per heavy atom. The fourth-order valence-electron chi connectivity index (χ4n) is 1.74. The van der Waals surface area contributed by atoms with Crippen LogP contribution in [0, 0.1) is 0 Å². The number of aliphatic hydroxyl groups excluding tert-OH is 1. The Bertz CT molecular complexity index is 456. The molecule has 0 aliphatic carbocycles. The number of hydrogen-bond donors (Lipinski definition) is 1. The molecule has 1 aromatic heterocycles. The van der Waals surface area contributed by atoms with Crippen LogP contribution >= 0.6 is 11.3 Å². The molecule has 4 heteroatoms. The highest BCUT2D eigenvalue weighted by Crippen LogP contribution is 2.12. The number of nitrogens with zero attached hydrogens (tertiary/aromatic N) is 1. The lowest BCUT2D eigenvalue weighted by Gasteiger charge is -1.97. The first kappa shape index (κ1) is 14.2. The van der Waals surface area contributed by atoms with Crippen molar-refractivity contribution in [2.24, 2.45) is 7.05 Å². The molecule has 0 atom stereocenters. The Morgan fingerprint density at radius 1 is 1.24 bits per heavy atom. The molecule has 0 saturated carbocycles. The van der Waals surface area contributed by atoms with Gasteiger partial charge >= 0.3 is 0 Å². The number of benzene rings is 1. The van der Waals surface area contributed by atoms with E-state index in [2.05, 4.69) is 41.3 Å². The van der Waals surface area contributed by atoms with Gasteiger partial charge in [-0.25, -0.2) is 0 Å². The maximum absolute atomic E-state index is 8.94. The van der Waals surface area contributed by atoms with Gasteiger partial charge in [0, 0.05) is 0 Å². The molecule has 17 heavy (non-hydrogen) atoms. The van der Waals surface area contributed by atoms with E-state index < -0.39 is 0 Å². The topological polar surface area (TPSA) is 24.1 Å². The predicted octanol–water partition coefficient (Wildman–Crippen LogP) is -1.30. The molecule has 0 radical (unpaired) electrons. The fraction of sp³-hybridized carbons (Fsp3) is 0.308. The SMILES string of the molecule is C[n+]1c(Cc2ccccc2)csc1CCO.[Cl-]. The van der Waals surface area contributed by atoms with Crippen LogP contribution in [0.25, 0.3) is 0 Å². The van der Waals surface area contributed by atoms with Crippen LogP contribution < -0.4 is 17.0 Å². The summed E-state index contributed by atoms with van der Waals surface area (Å²) in [6, 6.07) is 10.5. The highest BCUT2D eigenvalue weighted by Gasteiger charge is 2.15. The van der Waals surface area contributed by atoms with Crippen LogP contribution in [0.5, 0.6) is 0 Å². The van der Waals surface area contributed by atoms with E-state index in [9.17, 15) is 0 Å². The third-order valence-corrected chi connectivity index (χ3v) is 3.83. The summed E-state index contributed by atoms with van der Waals surface area (Å²) in [7, 11) is 2.07. The lowest BCUT2D eigenvalue weighted by Crippen LogP contribution is -3.00. The van der Waals surface area contributed by atoms with Crippen LogP contribution in [-0.2, 0) is 19.9 Å². The standard InChI is InChI=1S/C13H16NOS.ClH/c1-14-12(10-16-13(14)7-8-15)9-11-5-3-2-4-6-11;/h2-6,10,15H,7-9H2,1H3;1H/q+1;/p-1. The maximum Gasteiger partial charge on any atom is 0.239 e. The minimum Gasteiger partial charge on any atom is -1.00 e. The van der Waals surface area contributed by atoms with Gasteiger partial charge in [-0.05, 0) is 5.56 Å². The lowest BCUT2D eigenvalue weighted by atomic mass is 10.1. The van der Waals surface area contributed by atoms with Crippen molar-refractivity contribution < 1.29 is 22.1 Å². The zero-order chi connectivity index (χ0) is 11.4. The first-order valence-electron chi connectivity index (χ1n) is 5.41. The molecule has 0 aliphatic rings. The van der Waals surface area contributed by atoms with Gasteiger partial charge in [0.05, 0.1) is 24.8 Å². The molecular formula is C13H16ClNOS. The maximum atomic E-state index is 8.94.